The van der Waals surface area contributed by atoms with Crippen LogP contribution < -0.4 is 10.6 Å². The maximum atomic E-state index is 12.2. The van der Waals surface area contributed by atoms with Crippen LogP contribution in [0.15, 0.2) is 89.9 Å². The zero-order chi connectivity index (χ0) is 29.4. The Kier molecular flexibility index (Phi) is 9.06. The molecule has 0 saturated carbocycles. The Morgan fingerprint density at radius 2 is 1.44 bits per heavy atom. The second-order valence-corrected chi connectivity index (χ2v) is 9.21. The number of rotatable bonds is 7. The topological polar surface area (TPSA) is 161 Å². The zero-order valence-electron chi connectivity index (χ0n) is 22.1. The van der Waals surface area contributed by atoms with Crippen LogP contribution in [0.1, 0.15) is 34.0 Å². The third-order valence-electron chi connectivity index (χ3n) is 6.11. The number of benzene rings is 4. The molecule has 0 bridgehead atoms. The van der Waals surface area contributed by atoms with Gasteiger partial charge in [-0.2, -0.15) is 0 Å². The number of aromatic hydroxyl groups is 4. The molecule has 4 aromatic carbocycles. The van der Waals surface area contributed by atoms with E-state index in [1.807, 2.05) is 43.3 Å². The summed E-state index contributed by atoms with van der Waals surface area (Å²) in [6.07, 6.45) is 1.38. The summed E-state index contributed by atoms with van der Waals surface area (Å²) in [5, 5.41) is 43.3. The number of nitrogens with one attached hydrogen (secondary N) is 2. The van der Waals surface area contributed by atoms with Gasteiger partial charge in [-0.15, -0.1) is 0 Å². The van der Waals surface area contributed by atoms with Crippen molar-refractivity contribution in [3.8, 4) is 23.0 Å². The molecule has 0 saturated heterocycles. The molecule has 1 aliphatic rings. The van der Waals surface area contributed by atoms with Gasteiger partial charge in [0.05, 0.1) is 17.7 Å². The maximum Gasteiger partial charge on any atom is 0.259 e. The van der Waals surface area contributed by atoms with E-state index >= 15 is 0 Å². The van der Waals surface area contributed by atoms with Gasteiger partial charge in [0.2, 0.25) is 12.3 Å². The molecule has 2 amide bonds. The second kappa shape index (κ2) is 13.0. The summed E-state index contributed by atoms with van der Waals surface area (Å²) in [7, 11) is 0. The number of phenols is 4. The Bertz CT molecular complexity index is 1550. The highest BCUT2D eigenvalue weighted by Crippen LogP contribution is 2.30. The summed E-state index contributed by atoms with van der Waals surface area (Å²) in [4.78, 5) is 26.8. The van der Waals surface area contributed by atoms with Gasteiger partial charge in [-0.05, 0) is 73.0 Å². The highest BCUT2D eigenvalue weighted by Gasteiger charge is 2.20. The highest BCUT2D eigenvalue weighted by atomic mass is 16.5. The molecule has 10 nitrogen and oxygen atoms in total. The summed E-state index contributed by atoms with van der Waals surface area (Å²) in [5.74, 6) is -1.24. The predicted octanol–water partition coefficient (Wildman–Crippen LogP) is 4.77. The average Bonchev–Trinajstić information content (AvgIpc) is 3.40. The number of carbonyl (C=O) groups excluding carboxylic acids is 2. The largest absolute Gasteiger partial charge is 0.504 e. The first kappa shape index (κ1) is 28.5. The van der Waals surface area contributed by atoms with Gasteiger partial charge in [0.1, 0.15) is 6.10 Å². The lowest BCUT2D eigenvalue weighted by atomic mass is 10.0. The van der Waals surface area contributed by atoms with Crippen molar-refractivity contribution in [1.29, 1.82) is 0 Å². The molecule has 1 heterocycles. The normalized spacial score (nSPS) is 13.7. The van der Waals surface area contributed by atoms with Crippen LogP contribution in [0, 0.1) is 0 Å². The molecule has 6 N–H and O–H groups in total. The molecule has 0 spiro atoms. The van der Waals surface area contributed by atoms with Crippen molar-refractivity contribution in [2.24, 2.45) is 4.99 Å². The van der Waals surface area contributed by atoms with Crippen molar-refractivity contribution in [3.63, 3.8) is 0 Å². The van der Waals surface area contributed by atoms with Gasteiger partial charge in [0, 0.05) is 11.4 Å². The minimum absolute atomic E-state index is 0.00287. The van der Waals surface area contributed by atoms with Crippen LogP contribution in [0.5, 0.6) is 23.0 Å². The van der Waals surface area contributed by atoms with Crippen molar-refractivity contribution < 1.29 is 34.8 Å². The number of hydrogen-bond donors (Lipinski definition) is 6. The number of nitrogens with zero attached hydrogens (tertiary/aromatic N) is 1. The number of carbonyl (C=O) groups is 2. The van der Waals surface area contributed by atoms with E-state index in [2.05, 4.69) is 15.6 Å². The molecule has 10 heteroatoms. The number of ether oxygens (including phenoxy) is 1. The first-order valence-electron chi connectivity index (χ1n) is 12.7. The Morgan fingerprint density at radius 1 is 0.854 bits per heavy atom. The average molecular weight is 556 g/mol. The number of phenolic OH excluding ortho intramolecular Hbond substituents is 4. The SMILES string of the molecule is CC1CN=C(c2cccc(O)c2O)O1.O=CNc1ccc(Cc2ccc(NC(=O)c3cccc(O)c3O)cc2)cc1. The minimum atomic E-state index is -0.505. The first-order chi connectivity index (χ1) is 19.7. The van der Waals surface area contributed by atoms with Crippen LogP contribution >= 0.6 is 0 Å². The number of anilines is 2. The smallest absolute Gasteiger partial charge is 0.259 e. The van der Waals surface area contributed by atoms with Gasteiger partial charge in [0.15, 0.2) is 23.0 Å². The van der Waals surface area contributed by atoms with Gasteiger partial charge in [-0.3, -0.25) is 9.59 Å². The molecule has 4 aromatic rings. The number of amides is 2. The summed E-state index contributed by atoms with van der Waals surface area (Å²) in [6.45, 7) is 2.49. The lowest BCUT2D eigenvalue weighted by Gasteiger charge is -2.09. The van der Waals surface area contributed by atoms with Gasteiger partial charge >= 0.3 is 0 Å². The Hall–Kier alpha value is -5.51. The quantitative estimate of drug-likeness (QED) is 0.141. The van der Waals surface area contributed by atoms with Crippen molar-refractivity contribution in [2.75, 3.05) is 17.2 Å². The van der Waals surface area contributed by atoms with Crippen LogP contribution in [0.3, 0.4) is 0 Å². The maximum absolute atomic E-state index is 12.2. The Balaban J connectivity index is 0.000000231. The van der Waals surface area contributed by atoms with Crippen LogP contribution in [0.25, 0.3) is 0 Å². The van der Waals surface area contributed by atoms with Gasteiger partial charge in [-0.25, -0.2) is 4.99 Å². The van der Waals surface area contributed by atoms with Gasteiger partial charge in [-0.1, -0.05) is 36.4 Å². The van der Waals surface area contributed by atoms with E-state index in [1.165, 1.54) is 24.3 Å². The van der Waals surface area contributed by atoms with Gasteiger partial charge < -0.3 is 35.8 Å². The summed E-state index contributed by atoms with van der Waals surface area (Å²) >= 11 is 0. The molecule has 5 rings (SSSR count). The third-order valence-corrected chi connectivity index (χ3v) is 6.11. The molecule has 41 heavy (non-hydrogen) atoms. The third kappa shape index (κ3) is 7.33. The van der Waals surface area contributed by atoms with Crippen molar-refractivity contribution >= 4 is 29.6 Å². The van der Waals surface area contributed by atoms with Crippen LogP contribution in [-0.4, -0.2) is 51.3 Å². The summed E-state index contributed by atoms with van der Waals surface area (Å²) in [6, 6.07) is 23.8. The van der Waals surface area contributed by atoms with E-state index in [0.717, 1.165) is 16.8 Å². The van der Waals surface area contributed by atoms with E-state index in [4.69, 9.17) is 4.74 Å². The molecular formula is C31H29N3O7. The molecule has 1 atom stereocenters. The first-order valence-corrected chi connectivity index (χ1v) is 12.7. The van der Waals surface area contributed by atoms with E-state index in [9.17, 15) is 30.0 Å². The molecular weight excluding hydrogens is 526 g/mol. The van der Waals surface area contributed by atoms with Crippen molar-refractivity contribution in [1.82, 2.24) is 0 Å². The fourth-order valence-electron chi connectivity index (χ4n) is 3.97. The highest BCUT2D eigenvalue weighted by molar-refractivity contribution is 6.06. The lowest BCUT2D eigenvalue weighted by molar-refractivity contribution is -0.105. The zero-order valence-corrected chi connectivity index (χ0v) is 22.1. The standard InChI is InChI=1S/C21H18N2O4.C10H11NO3/c24-13-22-16-8-4-14(5-9-16)12-15-6-10-17(11-7-15)23-21(27)18-2-1-3-19(25)20(18)26;1-6-5-11-10(14-6)7-3-2-4-8(12)9(7)13/h1-11,13,25-26H,12H2,(H,22,24)(H,23,27);2-4,6,12-13H,5H2,1H3. The lowest BCUT2D eigenvalue weighted by Crippen LogP contribution is -2.12. The van der Waals surface area contributed by atoms with E-state index in [-0.39, 0.29) is 28.9 Å². The number of aliphatic imine (C=N–C) groups is 1. The molecule has 210 valence electrons. The molecule has 1 unspecified atom stereocenters. The second-order valence-electron chi connectivity index (χ2n) is 9.21. The fraction of sp³-hybridized carbons (Fsp3) is 0.129. The van der Waals surface area contributed by atoms with Crippen LogP contribution in [0.4, 0.5) is 11.4 Å². The molecule has 0 aliphatic carbocycles. The number of para-hydroxylation sites is 2. The number of hydrogen-bond acceptors (Lipinski definition) is 8. The van der Waals surface area contributed by atoms with Gasteiger partial charge in [0.25, 0.3) is 5.91 Å². The van der Waals surface area contributed by atoms with Crippen molar-refractivity contribution in [2.45, 2.75) is 19.4 Å². The molecule has 0 radical (unpaired) electrons. The molecule has 1 aliphatic heterocycles. The van der Waals surface area contributed by atoms with Crippen LogP contribution in [0.2, 0.25) is 0 Å². The Morgan fingerprint density at radius 3 is 2.02 bits per heavy atom. The molecule has 0 fully saturated rings. The van der Waals surface area contributed by atoms with Crippen molar-refractivity contribution in [3.05, 3.63) is 107 Å². The summed E-state index contributed by atoms with van der Waals surface area (Å²) in [5.41, 5.74) is 3.91. The minimum Gasteiger partial charge on any atom is -0.504 e. The van der Waals surface area contributed by atoms with Crippen LogP contribution in [-0.2, 0) is 16.0 Å². The molecule has 0 aromatic heterocycles. The summed E-state index contributed by atoms with van der Waals surface area (Å²) < 4.78 is 5.36. The monoisotopic (exact) mass is 555 g/mol. The van der Waals surface area contributed by atoms with E-state index in [0.29, 0.717) is 36.5 Å². The van der Waals surface area contributed by atoms with E-state index in [1.54, 1.807) is 24.3 Å². The fourth-order valence-corrected chi connectivity index (χ4v) is 3.97. The van der Waals surface area contributed by atoms with E-state index < -0.39 is 11.7 Å². The Labute approximate surface area is 236 Å². The predicted molar refractivity (Wildman–Crippen MR) is 155 cm³/mol.